The van der Waals surface area contributed by atoms with Gasteiger partial charge in [0.25, 0.3) is 0 Å². The van der Waals surface area contributed by atoms with Crippen LogP contribution in [0.2, 0.25) is 0 Å². The highest BCUT2D eigenvalue weighted by Crippen LogP contribution is 2.40. The van der Waals surface area contributed by atoms with Gasteiger partial charge in [0.05, 0.1) is 43.8 Å². The molecule has 7 heteroatoms. The third-order valence-corrected chi connectivity index (χ3v) is 4.51. The second-order valence-corrected chi connectivity index (χ2v) is 6.24. The van der Waals surface area contributed by atoms with Gasteiger partial charge in [-0.3, -0.25) is 0 Å². The van der Waals surface area contributed by atoms with Crippen LogP contribution >= 0.6 is 0 Å². The van der Waals surface area contributed by atoms with E-state index in [1.165, 1.54) is 7.11 Å². The minimum Gasteiger partial charge on any atom is -0.464 e. The molecule has 0 N–H and O–H groups in total. The molecule has 0 radical (unpaired) electrons. The zero-order valence-corrected chi connectivity index (χ0v) is 14.4. The zero-order chi connectivity index (χ0) is 18.5. The van der Waals surface area contributed by atoms with E-state index in [9.17, 15) is 9.59 Å². The Morgan fingerprint density at radius 2 is 2.04 bits per heavy atom. The highest BCUT2D eigenvalue weighted by molar-refractivity contribution is 5.89. The summed E-state index contributed by atoms with van der Waals surface area (Å²) < 4.78 is 11.9. The van der Waals surface area contributed by atoms with Crippen LogP contribution in [0, 0.1) is 23.2 Å². The Bertz CT molecular complexity index is 838. The van der Waals surface area contributed by atoms with Crippen molar-refractivity contribution in [3.8, 4) is 6.07 Å². The van der Waals surface area contributed by atoms with E-state index in [1.807, 2.05) is 10.6 Å². The molecule has 2 atom stereocenters. The van der Waals surface area contributed by atoms with Gasteiger partial charge >= 0.3 is 11.9 Å². The molecule has 1 aromatic carbocycles. The van der Waals surface area contributed by atoms with Crippen molar-refractivity contribution in [2.45, 2.75) is 19.4 Å². The molecule has 1 fully saturated rings. The van der Waals surface area contributed by atoms with E-state index in [4.69, 9.17) is 14.7 Å². The molecule has 1 aromatic heterocycles. The van der Waals surface area contributed by atoms with Crippen LogP contribution < -0.4 is 0 Å². The lowest BCUT2D eigenvalue weighted by molar-refractivity contribution is 0.0478. The third kappa shape index (κ3) is 3.91. The number of rotatable bonds is 7. The molecule has 0 aliphatic heterocycles. The summed E-state index contributed by atoms with van der Waals surface area (Å²) in [5, 5.41) is 9.00. The minimum atomic E-state index is -0.543. The molecule has 0 spiro atoms. The van der Waals surface area contributed by atoms with Crippen LogP contribution in [-0.2, 0) is 22.4 Å². The third-order valence-electron chi connectivity index (χ3n) is 4.51. The van der Waals surface area contributed by atoms with Crippen LogP contribution in [0.5, 0.6) is 0 Å². The first-order valence-electron chi connectivity index (χ1n) is 8.35. The highest BCUT2D eigenvalue weighted by Gasteiger charge is 2.39. The summed E-state index contributed by atoms with van der Waals surface area (Å²) >= 11 is 0. The maximum Gasteiger partial charge on any atom is 0.358 e. The number of hydrogen-bond acceptors (Lipinski definition) is 6. The molecule has 1 heterocycles. The molecule has 3 rings (SSSR count). The summed E-state index contributed by atoms with van der Waals surface area (Å²) in [5.41, 5.74) is 1.28. The predicted octanol–water partition coefficient (Wildman–Crippen LogP) is 2.23. The topological polar surface area (TPSA) is 94.2 Å². The van der Waals surface area contributed by atoms with E-state index in [2.05, 4.69) is 11.1 Å². The number of esters is 2. The van der Waals surface area contributed by atoms with Crippen LogP contribution in [-0.4, -0.2) is 35.2 Å². The van der Waals surface area contributed by atoms with Crippen molar-refractivity contribution >= 4 is 11.9 Å². The summed E-state index contributed by atoms with van der Waals surface area (Å²) in [6.45, 7) is 0.999. The van der Waals surface area contributed by atoms with E-state index < -0.39 is 5.97 Å². The molecule has 26 heavy (non-hydrogen) atoms. The van der Waals surface area contributed by atoms with Gasteiger partial charge in [0, 0.05) is 6.54 Å². The lowest BCUT2D eigenvalue weighted by atomic mass is 10.2. The van der Waals surface area contributed by atoms with Crippen molar-refractivity contribution in [3.05, 3.63) is 53.6 Å². The van der Waals surface area contributed by atoms with Crippen molar-refractivity contribution < 1.29 is 19.1 Å². The van der Waals surface area contributed by atoms with Crippen LogP contribution in [0.1, 0.15) is 33.0 Å². The molecule has 2 aromatic rings. The van der Waals surface area contributed by atoms with Crippen molar-refractivity contribution in [3.63, 3.8) is 0 Å². The first-order chi connectivity index (χ1) is 12.6. The van der Waals surface area contributed by atoms with Crippen molar-refractivity contribution in [1.29, 1.82) is 5.26 Å². The summed E-state index contributed by atoms with van der Waals surface area (Å²) in [6, 6.07) is 10.9. The molecule has 1 saturated carbocycles. The molecule has 1 aliphatic carbocycles. The number of carbonyl (C=O) groups is 2. The lowest BCUT2D eigenvalue weighted by Crippen LogP contribution is -2.11. The van der Waals surface area contributed by atoms with Crippen LogP contribution in [0.3, 0.4) is 0 Å². The standard InChI is InChI=1S/C19H19N3O4/c1-25-19(24)17-16(7-8-20)22(12-21-17)10-14-9-15(14)11-26-18(23)13-5-3-2-4-6-13/h2-6,12,14-15H,7,9-11H2,1H3. The first kappa shape index (κ1) is 17.7. The molecule has 134 valence electrons. The highest BCUT2D eigenvalue weighted by atomic mass is 16.5. The van der Waals surface area contributed by atoms with Crippen molar-refractivity contribution in [2.24, 2.45) is 11.8 Å². The Morgan fingerprint density at radius 1 is 1.27 bits per heavy atom. The Kier molecular flexibility index (Phi) is 5.32. The Labute approximate surface area is 151 Å². The van der Waals surface area contributed by atoms with Gasteiger partial charge in [-0.2, -0.15) is 5.26 Å². The van der Waals surface area contributed by atoms with Crippen molar-refractivity contribution in [1.82, 2.24) is 9.55 Å². The Hall–Kier alpha value is -3.14. The van der Waals surface area contributed by atoms with Gasteiger partial charge in [-0.15, -0.1) is 0 Å². The normalized spacial score (nSPS) is 18.0. The van der Waals surface area contributed by atoms with Gasteiger partial charge in [-0.05, 0) is 30.4 Å². The van der Waals surface area contributed by atoms with Gasteiger partial charge in [-0.25, -0.2) is 14.6 Å². The van der Waals surface area contributed by atoms with Crippen LogP contribution in [0.4, 0.5) is 0 Å². The number of nitriles is 1. The average Bonchev–Trinajstić information content (AvgIpc) is 3.30. The van der Waals surface area contributed by atoms with Gasteiger partial charge in [0.1, 0.15) is 0 Å². The minimum absolute atomic E-state index is 0.0881. The number of carbonyl (C=O) groups excluding carboxylic acids is 2. The molecule has 1 aliphatic rings. The predicted molar refractivity (Wildman–Crippen MR) is 91.2 cm³/mol. The van der Waals surface area contributed by atoms with Gasteiger partial charge < -0.3 is 14.0 Å². The zero-order valence-electron chi connectivity index (χ0n) is 14.4. The van der Waals surface area contributed by atoms with Crippen LogP contribution in [0.15, 0.2) is 36.7 Å². The number of nitrogens with zero attached hydrogens (tertiary/aromatic N) is 3. The number of methoxy groups -OCH3 is 1. The fourth-order valence-electron chi connectivity index (χ4n) is 2.92. The molecule has 0 bridgehead atoms. The summed E-state index contributed by atoms with van der Waals surface area (Å²) in [5.74, 6) is -0.257. The maximum atomic E-state index is 12.0. The Morgan fingerprint density at radius 3 is 2.73 bits per heavy atom. The largest absolute Gasteiger partial charge is 0.464 e. The molecule has 7 nitrogen and oxygen atoms in total. The second-order valence-electron chi connectivity index (χ2n) is 6.24. The molecular formula is C19H19N3O4. The van der Waals surface area contributed by atoms with E-state index in [-0.39, 0.29) is 24.0 Å². The quantitative estimate of drug-likeness (QED) is 0.709. The van der Waals surface area contributed by atoms with E-state index in [0.717, 1.165) is 6.42 Å². The van der Waals surface area contributed by atoms with E-state index >= 15 is 0 Å². The number of benzene rings is 1. The smallest absolute Gasteiger partial charge is 0.358 e. The summed E-state index contributed by atoms with van der Waals surface area (Å²) in [6.07, 6.45) is 2.58. The summed E-state index contributed by atoms with van der Waals surface area (Å²) in [7, 11) is 1.29. The lowest BCUT2D eigenvalue weighted by Gasteiger charge is -2.07. The van der Waals surface area contributed by atoms with Gasteiger partial charge in [-0.1, -0.05) is 18.2 Å². The van der Waals surface area contributed by atoms with Crippen molar-refractivity contribution in [2.75, 3.05) is 13.7 Å². The number of imidazole rings is 1. The van der Waals surface area contributed by atoms with Crippen LogP contribution in [0.25, 0.3) is 0 Å². The molecule has 2 unspecified atom stereocenters. The SMILES string of the molecule is COC(=O)c1ncn(CC2CC2COC(=O)c2ccccc2)c1CC#N. The second kappa shape index (κ2) is 7.83. The van der Waals surface area contributed by atoms with E-state index in [1.54, 1.807) is 30.6 Å². The number of ether oxygens (including phenoxy) is 2. The number of hydrogen-bond donors (Lipinski definition) is 0. The molecule has 0 saturated heterocycles. The monoisotopic (exact) mass is 353 g/mol. The average molecular weight is 353 g/mol. The molecular weight excluding hydrogens is 334 g/mol. The fraction of sp³-hybridized carbons (Fsp3) is 0.368. The molecule has 0 amide bonds. The maximum absolute atomic E-state index is 12.0. The fourth-order valence-corrected chi connectivity index (χ4v) is 2.92. The van der Waals surface area contributed by atoms with Gasteiger partial charge in [0.15, 0.2) is 5.69 Å². The Balaban J connectivity index is 1.55. The number of aromatic nitrogens is 2. The van der Waals surface area contributed by atoms with E-state index in [0.29, 0.717) is 30.3 Å². The summed E-state index contributed by atoms with van der Waals surface area (Å²) in [4.78, 5) is 27.8. The van der Waals surface area contributed by atoms with Gasteiger partial charge in [0.2, 0.25) is 0 Å². The first-order valence-corrected chi connectivity index (χ1v) is 8.35.